The quantitative estimate of drug-likeness (QED) is 0.117. The van der Waals surface area contributed by atoms with Crippen molar-refractivity contribution in [2.24, 2.45) is 35.5 Å². The number of pyridine rings is 2. The Morgan fingerprint density at radius 1 is 0.554 bits per heavy atom. The van der Waals surface area contributed by atoms with Crippen LogP contribution in [0.15, 0.2) is 73.1 Å². The second-order valence-corrected chi connectivity index (χ2v) is 16.9. The second kappa shape index (κ2) is 20.6. The zero-order valence-electron chi connectivity index (χ0n) is 34.4. The molecular weight excluding hydrogens is 701 g/mol. The Kier molecular flexibility index (Phi) is 15.7. The molecule has 2 aliphatic carbocycles. The van der Waals surface area contributed by atoms with Crippen LogP contribution in [-0.4, -0.2) is 47.7 Å². The highest BCUT2D eigenvalue weighted by atomic mass is 16.5. The van der Waals surface area contributed by atoms with Crippen molar-refractivity contribution in [3.8, 4) is 0 Å². The first-order valence-electron chi connectivity index (χ1n) is 20.8. The molecule has 8 heteroatoms. The van der Waals surface area contributed by atoms with Gasteiger partial charge < -0.3 is 9.47 Å². The van der Waals surface area contributed by atoms with E-state index in [9.17, 15) is 19.2 Å². The van der Waals surface area contributed by atoms with Crippen LogP contribution in [0.4, 0.5) is 0 Å². The normalized spacial score (nSPS) is 20.9. The predicted molar refractivity (Wildman–Crippen MR) is 222 cm³/mol. The highest BCUT2D eigenvalue weighted by Gasteiger charge is 2.31. The van der Waals surface area contributed by atoms with E-state index in [0.29, 0.717) is 49.4 Å². The molecule has 2 saturated carbocycles. The summed E-state index contributed by atoms with van der Waals surface area (Å²) in [6.45, 7) is 7.89. The van der Waals surface area contributed by atoms with Gasteiger partial charge in [0.25, 0.3) is 0 Å². The number of hydrogen-bond donors (Lipinski definition) is 0. The number of nitrogens with zero attached hydrogens (tertiary/aromatic N) is 2. The lowest BCUT2D eigenvalue weighted by atomic mass is 9.75. The van der Waals surface area contributed by atoms with Crippen LogP contribution in [0, 0.1) is 35.5 Å². The summed E-state index contributed by atoms with van der Waals surface area (Å²) in [5.74, 6) is 1.39. The fourth-order valence-electron chi connectivity index (χ4n) is 9.09. The van der Waals surface area contributed by atoms with Crippen LogP contribution in [-0.2, 0) is 28.7 Å². The minimum absolute atomic E-state index is 0.118. The Labute approximate surface area is 333 Å². The molecule has 0 radical (unpaired) electrons. The van der Waals surface area contributed by atoms with E-state index in [-0.39, 0.29) is 47.2 Å². The maximum Gasteiger partial charge on any atom is 0.309 e. The topological polar surface area (TPSA) is 113 Å². The Morgan fingerprint density at radius 3 is 1.25 bits per heavy atom. The minimum atomic E-state index is -0.322. The molecule has 56 heavy (non-hydrogen) atoms. The van der Waals surface area contributed by atoms with Crippen molar-refractivity contribution in [1.82, 2.24) is 9.97 Å². The molecule has 0 aliphatic heterocycles. The Bertz CT molecular complexity index is 1770. The number of carbonyl (C=O) groups is 4. The molecule has 2 atom stereocenters. The van der Waals surface area contributed by atoms with E-state index in [1.807, 2.05) is 52.2 Å². The van der Waals surface area contributed by atoms with Gasteiger partial charge in [-0.15, -0.1) is 0 Å². The van der Waals surface area contributed by atoms with Gasteiger partial charge in [0.15, 0.2) is 0 Å². The summed E-state index contributed by atoms with van der Waals surface area (Å²) < 4.78 is 9.73. The molecule has 2 fully saturated rings. The predicted octanol–water partition coefficient (Wildman–Crippen LogP) is 10.6. The number of methoxy groups -OCH3 is 2. The first kappa shape index (κ1) is 42.7. The number of rotatable bonds is 14. The highest BCUT2D eigenvalue weighted by molar-refractivity contribution is 5.86. The number of para-hydroxylation sites is 2. The van der Waals surface area contributed by atoms with E-state index in [1.165, 1.54) is 36.1 Å². The van der Waals surface area contributed by atoms with Crippen molar-refractivity contribution in [3.63, 3.8) is 0 Å². The van der Waals surface area contributed by atoms with Gasteiger partial charge in [-0.1, -0.05) is 64.1 Å². The van der Waals surface area contributed by atoms with Crippen molar-refractivity contribution < 1.29 is 28.7 Å². The molecule has 8 nitrogen and oxygen atoms in total. The molecule has 0 unspecified atom stereocenters. The summed E-state index contributed by atoms with van der Waals surface area (Å²) in [5.41, 5.74) is 4.89. The molecule has 0 amide bonds. The minimum Gasteiger partial charge on any atom is -0.469 e. The molecule has 0 spiro atoms. The third-order valence-electron chi connectivity index (χ3n) is 12.5. The fourth-order valence-corrected chi connectivity index (χ4v) is 9.09. The summed E-state index contributed by atoms with van der Waals surface area (Å²) in [5, 5.41) is 2.50. The number of hydrogen-bond acceptors (Lipinski definition) is 8. The lowest BCUT2D eigenvalue weighted by Crippen LogP contribution is -2.26. The van der Waals surface area contributed by atoms with Gasteiger partial charge in [0.2, 0.25) is 0 Å². The molecule has 0 saturated heterocycles. The Balaban J connectivity index is 0.000000214. The summed E-state index contributed by atoms with van der Waals surface area (Å²) in [6, 6.07) is 21.0. The number of ketones is 2. The number of benzene rings is 2. The van der Waals surface area contributed by atoms with Gasteiger partial charge in [-0.2, -0.15) is 0 Å². The summed E-state index contributed by atoms with van der Waals surface area (Å²) >= 11 is 0. The van der Waals surface area contributed by atoms with E-state index >= 15 is 0 Å². The zero-order chi connectivity index (χ0) is 40.2. The van der Waals surface area contributed by atoms with Crippen LogP contribution in [0.2, 0.25) is 0 Å². The fraction of sp³-hybridized carbons (Fsp3) is 0.542. The van der Waals surface area contributed by atoms with Crippen LogP contribution < -0.4 is 0 Å². The smallest absolute Gasteiger partial charge is 0.309 e. The van der Waals surface area contributed by atoms with Gasteiger partial charge in [0.1, 0.15) is 11.6 Å². The number of aromatic nitrogens is 2. The lowest BCUT2D eigenvalue weighted by Gasteiger charge is -2.29. The molecule has 2 aromatic carbocycles. The summed E-state index contributed by atoms with van der Waals surface area (Å²) in [4.78, 5) is 57.9. The van der Waals surface area contributed by atoms with Crippen LogP contribution in [0.25, 0.3) is 21.8 Å². The standard InChI is InChI=1S/2C24H31NO3/c2*1-16(2)22(24(27)28-3)15-19(26)14-17-8-10-18(11-9-17)20-12-13-25-23-7-5-4-6-21(20)23/h2*4-7,12-13,16-18,22H,8-11,14-15H2,1-3H3/t2*17?,18?,22-/m00/s1. The first-order chi connectivity index (χ1) is 27.0. The highest BCUT2D eigenvalue weighted by Crippen LogP contribution is 2.41. The first-order valence-corrected chi connectivity index (χ1v) is 20.8. The molecule has 4 aromatic rings. The van der Waals surface area contributed by atoms with E-state index in [4.69, 9.17) is 9.47 Å². The average Bonchev–Trinajstić information content (AvgIpc) is 3.21. The SMILES string of the molecule is COC(=O)[C@@H](CC(=O)CC1CCC(c2ccnc3ccccc23)CC1)C(C)C.COC(=O)[C@@H](CC(=O)CC1CCC(c2ccnc3ccccc23)CC1)C(C)C. The van der Waals surface area contributed by atoms with Gasteiger partial charge in [-0.3, -0.25) is 29.1 Å². The monoisotopic (exact) mass is 762 g/mol. The number of carbonyl (C=O) groups excluding carboxylic acids is 4. The number of ether oxygens (including phenoxy) is 2. The van der Waals surface area contributed by atoms with E-state index < -0.39 is 0 Å². The van der Waals surface area contributed by atoms with Crippen LogP contribution in [0.1, 0.15) is 128 Å². The van der Waals surface area contributed by atoms with E-state index in [2.05, 4.69) is 58.5 Å². The third kappa shape index (κ3) is 11.3. The van der Waals surface area contributed by atoms with Gasteiger partial charge >= 0.3 is 11.9 Å². The number of esters is 2. The van der Waals surface area contributed by atoms with Gasteiger partial charge in [0, 0.05) is 48.8 Å². The van der Waals surface area contributed by atoms with E-state index in [1.54, 1.807) is 0 Å². The number of fused-ring (bicyclic) bond motifs is 2. The second-order valence-electron chi connectivity index (χ2n) is 16.9. The number of Topliss-reactive ketones (excluding diaryl/α,β-unsaturated/α-hetero) is 2. The average molecular weight is 763 g/mol. The zero-order valence-corrected chi connectivity index (χ0v) is 34.4. The van der Waals surface area contributed by atoms with Gasteiger partial charge in [0.05, 0.1) is 37.1 Å². The molecule has 2 heterocycles. The van der Waals surface area contributed by atoms with Crippen LogP contribution in [0.5, 0.6) is 0 Å². The largest absolute Gasteiger partial charge is 0.469 e. The molecule has 2 aliphatic rings. The van der Waals surface area contributed by atoms with Crippen LogP contribution >= 0.6 is 0 Å². The van der Waals surface area contributed by atoms with Crippen molar-refractivity contribution in [2.75, 3.05) is 14.2 Å². The third-order valence-corrected chi connectivity index (χ3v) is 12.5. The molecule has 2 aromatic heterocycles. The van der Waals surface area contributed by atoms with Gasteiger partial charge in [-0.25, -0.2) is 0 Å². The summed E-state index contributed by atoms with van der Waals surface area (Å²) in [7, 11) is 2.79. The maximum atomic E-state index is 12.6. The molecule has 0 bridgehead atoms. The Hall–Kier alpha value is -4.46. The van der Waals surface area contributed by atoms with Crippen molar-refractivity contribution in [2.45, 2.75) is 117 Å². The lowest BCUT2D eigenvalue weighted by molar-refractivity contribution is -0.149. The molecule has 6 rings (SSSR count). The summed E-state index contributed by atoms with van der Waals surface area (Å²) in [6.07, 6.45) is 14.3. The molecule has 0 N–H and O–H groups in total. The van der Waals surface area contributed by atoms with E-state index in [0.717, 1.165) is 62.4 Å². The van der Waals surface area contributed by atoms with Crippen molar-refractivity contribution in [3.05, 3.63) is 84.2 Å². The Morgan fingerprint density at radius 2 is 0.911 bits per heavy atom. The maximum absolute atomic E-state index is 12.6. The van der Waals surface area contributed by atoms with Gasteiger partial charge in [-0.05, 0) is 122 Å². The van der Waals surface area contributed by atoms with Crippen molar-refractivity contribution >= 4 is 45.3 Å². The molecular formula is C48H62N2O6. The molecule has 300 valence electrons. The van der Waals surface area contributed by atoms with Crippen molar-refractivity contribution in [1.29, 1.82) is 0 Å². The van der Waals surface area contributed by atoms with Crippen LogP contribution in [0.3, 0.4) is 0 Å².